The first-order valence-electron chi connectivity index (χ1n) is 16.7. The minimum atomic E-state index is 0. The highest BCUT2D eigenvalue weighted by Crippen LogP contribution is 2.43. The van der Waals surface area contributed by atoms with Gasteiger partial charge in [-0.05, 0) is 80.3 Å². The molecule has 50 heavy (non-hydrogen) atoms. The van der Waals surface area contributed by atoms with E-state index in [1.165, 1.54) is 38.9 Å². The van der Waals surface area contributed by atoms with Crippen molar-refractivity contribution in [1.29, 1.82) is 0 Å². The van der Waals surface area contributed by atoms with E-state index in [4.69, 9.17) is 15.0 Å². The molecule has 1 aromatic heterocycles. The van der Waals surface area contributed by atoms with Gasteiger partial charge in [0, 0.05) is 16.7 Å². The van der Waals surface area contributed by atoms with E-state index in [0.29, 0.717) is 17.5 Å². The number of fused-ring (bicyclic) bond motifs is 3. The summed E-state index contributed by atoms with van der Waals surface area (Å²) in [5, 5.41) is 0. The van der Waals surface area contributed by atoms with E-state index in [0.717, 1.165) is 39.8 Å². The molecule has 3 nitrogen and oxygen atoms in total. The molecular weight excluding hydrogens is 607 g/mol. The highest BCUT2D eigenvalue weighted by Gasteiger charge is 2.22. The summed E-state index contributed by atoms with van der Waals surface area (Å²) in [5.41, 5.74) is 15.2. The lowest BCUT2D eigenvalue weighted by Gasteiger charge is -2.15. The molecule has 0 saturated heterocycles. The largest absolute Gasteiger partial charge is 0.208 e. The molecule has 238 valence electrons. The number of benzene rings is 7. The molecule has 1 heterocycles. The first-order chi connectivity index (χ1) is 24.3. The first-order valence-corrected chi connectivity index (χ1v) is 16.7. The Balaban J connectivity index is 0.00000361. The summed E-state index contributed by atoms with van der Waals surface area (Å²) in [6.45, 7) is 0. The number of aromatic nitrogens is 3. The van der Waals surface area contributed by atoms with Gasteiger partial charge in [0.1, 0.15) is 0 Å². The van der Waals surface area contributed by atoms with Crippen molar-refractivity contribution in [2.75, 3.05) is 0 Å². The van der Waals surface area contributed by atoms with E-state index >= 15 is 0 Å². The maximum Gasteiger partial charge on any atom is 0.164 e. The number of hydrogen-bond acceptors (Lipinski definition) is 3. The monoisotopic (exact) mass is 641 g/mol. The van der Waals surface area contributed by atoms with Crippen LogP contribution in [0.3, 0.4) is 0 Å². The predicted molar refractivity (Wildman–Crippen MR) is 207 cm³/mol. The Labute approximate surface area is 293 Å². The highest BCUT2D eigenvalue weighted by molar-refractivity contribution is 5.88. The Hall–Kier alpha value is -6.45. The molecule has 1 aliphatic carbocycles. The molecule has 3 heteroatoms. The summed E-state index contributed by atoms with van der Waals surface area (Å²) in [4.78, 5) is 15.2. The van der Waals surface area contributed by atoms with Crippen LogP contribution in [-0.4, -0.2) is 15.0 Å². The van der Waals surface area contributed by atoms with Crippen molar-refractivity contribution in [3.8, 4) is 78.7 Å². The Morgan fingerprint density at radius 1 is 0.300 bits per heavy atom. The van der Waals surface area contributed by atoms with Gasteiger partial charge in [0.05, 0.1) is 0 Å². The highest BCUT2D eigenvalue weighted by atomic mass is 15.0. The van der Waals surface area contributed by atoms with E-state index in [9.17, 15) is 0 Å². The third kappa shape index (κ3) is 5.80. The third-order valence-electron chi connectivity index (χ3n) is 9.38. The van der Waals surface area contributed by atoms with Gasteiger partial charge < -0.3 is 0 Å². The van der Waals surface area contributed by atoms with Crippen LogP contribution in [0.5, 0.6) is 0 Å². The van der Waals surface area contributed by atoms with Gasteiger partial charge in [-0.25, -0.2) is 15.0 Å². The smallest absolute Gasteiger partial charge is 0.164 e. The minimum absolute atomic E-state index is 0. The normalized spacial score (nSPS) is 11.4. The zero-order chi connectivity index (χ0) is 32.6. The van der Waals surface area contributed by atoms with Crippen molar-refractivity contribution >= 4 is 0 Å². The summed E-state index contributed by atoms with van der Waals surface area (Å²) >= 11 is 0. The second-order valence-corrected chi connectivity index (χ2v) is 12.4. The molecule has 0 aliphatic heterocycles. The molecule has 0 atom stereocenters. The van der Waals surface area contributed by atoms with E-state index < -0.39 is 0 Å². The molecule has 1 aliphatic rings. The van der Waals surface area contributed by atoms with E-state index in [1.807, 2.05) is 36.4 Å². The molecule has 0 N–H and O–H groups in total. The molecule has 7 aromatic carbocycles. The first kappa shape index (κ1) is 30.9. The second kappa shape index (κ2) is 13.2. The summed E-state index contributed by atoms with van der Waals surface area (Å²) in [7, 11) is 0. The lowest BCUT2D eigenvalue weighted by atomic mass is 9.91. The van der Waals surface area contributed by atoms with Crippen LogP contribution in [-0.2, 0) is 6.42 Å². The van der Waals surface area contributed by atoms with Crippen LogP contribution in [0.15, 0.2) is 176 Å². The zero-order valence-electron chi connectivity index (χ0n) is 26.8. The summed E-state index contributed by atoms with van der Waals surface area (Å²) in [5.74, 6) is 1.95. The lowest BCUT2D eigenvalue weighted by molar-refractivity contribution is 1.07. The Morgan fingerprint density at radius 3 is 1.34 bits per heavy atom. The van der Waals surface area contributed by atoms with Crippen LogP contribution in [0.1, 0.15) is 18.6 Å². The Kier molecular flexibility index (Phi) is 8.16. The van der Waals surface area contributed by atoms with E-state index in [2.05, 4.69) is 140 Å². The van der Waals surface area contributed by atoms with Gasteiger partial charge in [0.15, 0.2) is 17.5 Å². The molecule has 0 amide bonds. The van der Waals surface area contributed by atoms with Crippen molar-refractivity contribution in [1.82, 2.24) is 15.0 Å². The molecule has 0 radical (unpaired) electrons. The van der Waals surface area contributed by atoms with Crippen LogP contribution in [0.2, 0.25) is 0 Å². The van der Waals surface area contributed by atoms with Gasteiger partial charge in [0.2, 0.25) is 0 Å². The maximum absolute atomic E-state index is 5.11. The standard InChI is InChI=1S/C46H31N3.CH4/c1-4-13-31(14-5-1)32-23-25-33(26-24-32)37-27-38(41-21-12-22-42-40-20-11-10-19-36(40)30-43(41)42)29-39(28-37)46-48-44(34-15-6-2-7-16-34)47-45(49-46)35-17-8-3-9-18-35;/h1-29H,30H2;1H4. The quantitative estimate of drug-likeness (QED) is 0.181. The molecule has 0 spiro atoms. The summed E-state index contributed by atoms with van der Waals surface area (Å²) < 4.78 is 0. The fourth-order valence-electron chi connectivity index (χ4n) is 6.93. The Bertz CT molecular complexity index is 2380. The second-order valence-electron chi connectivity index (χ2n) is 12.4. The topological polar surface area (TPSA) is 38.7 Å². The van der Waals surface area contributed by atoms with Crippen molar-refractivity contribution in [2.24, 2.45) is 0 Å². The zero-order valence-corrected chi connectivity index (χ0v) is 26.8. The average molecular weight is 642 g/mol. The van der Waals surface area contributed by atoms with Gasteiger partial charge >= 0.3 is 0 Å². The number of nitrogens with zero attached hydrogens (tertiary/aromatic N) is 3. The molecule has 0 unspecified atom stereocenters. The van der Waals surface area contributed by atoms with Gasteiger partial charge in [0.25, 0.3) is 0 Å². The van der Waals surface area contributed by atoms with Gasteiger partial charge in [-0.15, -0.1) is 0 Å². The van der Waals surface area contributed by atoms with E-state index in [1.54, 1.807) is 0 Å². The maximum atomic E-state index is 5.11. The average Bonchev–Trinajstić information content (AvgIpc) is 3.58. The third-order valence-corrected chi connectivity index (χ3v) is 9.38. The fraction of sp³-hybridized carbons (Fsp3) is 0.0426. The van der Waals surface area contributed by atoms with Crippen molar-refractivity contribution in [3.05, 3.63) is 187 Å². The van der Waals surface area contributed by atoms with E-state index in [-0.39, 0.29) is 7.43 Å². The van der Waals surface area contributed by atoms with Crippen molar-refractivity contribution in [2.45, 2.75) is 13.8 Å². The molecule has 9 rings (SSSR count). The van der Waals surface area contributed by atoms with Gasteiger partial charge in [-0.2, -0.15) is 0 Å². The van der Waals surface area contributed by atoms with Crippen molar-refractivity contribution in [3.63, 3.8) is 0 Å². The predicted octanol–water partition coefficient (Wildman–Crippen LogP) is 12.1. The molecule has 8 aromatic rings. The minimum Gasteiger partial charge on any atom is -0.208 e. The van der Waals surface area contributed by atoms with Crippen LogP contribution >= 0.6 is 0 Å². The number of rotatable bonds is 6. The SMILES string of the molecule is C.c1ccc(-c2ccc(-c3cc(-c4nc(-c5ccccc5)nc(-c5ccccc5)n4)cc(-c4cccc5c4Cc4ccccc4-5)c3)cc2)cc1. The molecular formula is C47H35N3. The Morgan fingerprint density at radius 2 is 0.720 bits per heavy atom. The van der Waals surface area contributed by atoms with Gasteiger partial charge in [-0.1, -0.05) is 165 Å². The van der Waals surface area contributed by atoms with Crippen molar-refractivity contribution < 1.29 is 0 Å². The van der Waals surface area contributed by atoms with Crippen LogP contribution in [0.25, 0.3) is 78.7 Å². The molecule has 0 bridgehead atoms. The molecule has 0 saturated carbocycles. The van der Waals surface area contributed by atoms with Gasteiger partial charge in [-0.3, -0.25) is 0 Å². The summed E-state index contributed by atoms with van der Waals surface area (Å²) in [6.07, 6.45) is 0.912. The van der Waals surface area contributed by atoms with Crippen LogP contribution in [0, 0.1) is 0 Å². The van der Waals surface area contributed by atoms with Crippen LogP contribution in [0.4, 0.5) is 0 Å². The fourth-order valence-corrected chi connectivity index (χ4v) is 6.93. The summed E-state index contributed by atoms with van der Waals surface area (Å²) in [6, 6.07) is 61.9. The molecule has 0 fully saturated rings. The number of hydrogen-bond donors (Lipinski definition) is 0. The van der Waals surface area contributed by atoms with Crippen LogP contribution < -0.4 is 0 Å². The lowest BCUT2D eigenvalue weighted by Crippen LogP contribution is -2.00.